The summed E-state index contributed by atoms with van der Waals surface area (Å²) in [5.74, 6) is 0.0119. The lowest BCUT2D eigenvalue weighted by atomic mass is 10.0. The minimum Gasteiger partial charge on any atom is -0.468 e. The Balaban J connectivity index is 2.67. The summed E-state index contributed by atoms with van der Waals surface area (Å²) >= 11 is 0. The molecular weight excluding hydrogens is 226 g/mol. The van der Waals surface area contributed by atoms with Gasteiger partial charge < -0.3 is 10.1 Å². The lowest BCUT2D eigenvalue weighted by molar-refractivity contribution is -0.144. The fraction of sp³-hybridized carbons (Fsp3) is 0.533. The number of methoxy groups -OCH3 is 1. The number of hydrogen-bond donors (Lipinski definition) is 1. The van der Waals surface area contributed by atoms with Gasteiger partial charge in [0, 0.05) is 6.54 Å². The normalized spacial score (nSPS) is 12.6. The van der Waals surface area contributed by atoms with Gasteiger partial charge in [0.1, 0.15) is 6.04 Å². The predicted octanol–water partition coefficient (Wildman–Crippen LogP) is 2.59. The van der Waals surface area contributed by atoms with Crippen LogP contribution in [0.1, 0.15) is 30.5 Å². The number of carbonyl (C=O) groups excluding carboxylic acids is 1. The first-order valence-electron chi connectivity index (χ1n) is 6.33. The molecule has 1 aromatic carbocycles. The second-order valence-corrected chi connectivity index (χ2v) is 5.04. The van der Waals surface area contributed by atoms with Crippen LogP contribution < -0.4 is 5.32 Å². The molecule has 1 rings (SSSR count). The van der Waals surface area contributed by atoms with Crippen molar-refractivity contribution in [3.8, 4) is 0 Å². The Bertz CT molecular complexity index is 413. The number of hydrogen-bond acceptors (Lipinski definition) is 3. The van der Waals surface area contributed by atoms with E-state index in [0.29, 0.717) is 6.54 Å². The molecule has 0 aliphatic heterocycles. The van der Waals surface area contributed by atoms with E-state index < -0.39 is 0 Å². The summed E-state index contributed by atoms with van der Waals surface area (Å²) in [5, 5.41) is 3.26. The van der Waals surface area contributed by atoms with Crippen molar-refractivity contribution in [1.82, 2.24) is 5.32 Å². The van der Waals surface area contributed by atoms with E-state index in [0.717, 1.165) is 0 Å². The molecule has 0 aliphatic carbocycles. The number of rotatable bonds is 5. The third kappa shape index (κ3) is 3.84. The first-order valence-corrected chi connectivity index (χ1v) is 6.33. The molecule has 3 nitrogen and oxygen atoms in total. The van der Waals surface area contributed by atoms with E-state index in [2.05, 4.69) is 37.4 Å². The third-order valence-corrected chi connectivity index (χ3v) is 3.22. The summed E-state index contributed by atoms with van der Waals surface area (Å²) in [5.41, 5.74) is 3.74. The van der Waals surface area contributed by atoms with Gasteiger partial charge in [-0.05, 0) is 36.5 Å². The summed E-state index contributed by atoms with van der Waals surface area (Å²) in [6.45, 7) is 8.89. The maximum atomic E-state index is 11.6. The molecule has 1 unspecified atom stereocenters. The highest BCUT2D eigenvalue weighted by Gasteiger charge is 2.21. The molecule has 0 heterocycles. The quantitative estimate of drug-likeness (QED) is 0.815. The molecule has 0 fully saturated rings. The van der Waals surface area contributed by atoms with Crippen molar-refractivity contribution >= 4 is 5.97 Å². The van der Waals surface area contributed by atoms with Gasteiger partial charge in [0.15, 0.2) is 0 Å². The summed E-state index contributed by atoms with van der Waals surface area (Å²) < 4.78 is 4.80. The molecule has 0 radical (unpaired) electrons. The Hall–Kier alpha value is -1.35. The van der Waals surface area contributed by atoms with E-state index in [1.165, 1.54) is 23.8 Å². The molecule has 0 saturated carbocycles. The van der Waals surface area contributed by atoms with Crippen molar-refractivity contribution in [2.45, 2.75) is 40.3 Å². The van der Waals surface area contributed by atoms with E-state index in [9.17, 15) is 4.79 Å². The maximum Gasteiger partial charge on any atom is 0.323 e. The molecule has 0 amide bonds. The molecule has 0 spiro atoms. The van der Waals surface area contributed by atoms with Crippen LogP contribution in [-0.2, 0) is 16.1 Å². The van der Waals surface area contributed by atoms with Gasteiger partial charge >= 0.3 is 5.97 Å². The molecule has 1 aromatic rings. The predicted molar refractivity (Wildman–Crippen MR) is 73.4 cm³/mol. The molecule has 0 bridgehead atoms. The van der Waals surface area contributed by atoms with Gasteiger partial charge in [-0.2, -0.15) is 0 Å². The number of nitrogens with one attached hydrogen (secondary N) is 1. The monoisotopic (exact) mass is 249 g/mol. The number of carbonyl (C=O) groups is 1. The topological polar surface area (TPSA) is 38.3 Å². The van der Waals surface area contributed by atoms with E-state index >= 15 is 0 Å². The van der Waals surface area contributed by atoms with Gasteiger partial charge in [-0.1, -0.05) is 32.0 Å². The smallest absolute Gasteiger partial charge is 0.323 e. The molecule has 1 N–H and O–H groups in total. The van der Waals surface area contributed by atoms with E-state index in [4.69, 9.17) is 4.74 Å². The van der Waals surface area contributed by atoms with Crippen molar-refractivity contribution in [2.75, 3.05) is 7.11 Å². The summed E-state index contributed by atoms with van der Waals surface area (Å²) in [7, 11) is 1.43. The minimum atomic E-state index is -0.253. The van der Waals surface area contributed by atoms with Crippen LogP contribution in [0.5, 0.6) is 0 Å². The summed E-state index contributed by atoms with van der Waals surface area (Å²) in [6, 6.07) is 6.09. The van der Waals surface area contributed by atoms with Crippen LogP contribution in [0.25, 0.3) is 0 Å². The summed E-state index contributed by atoms with van der Waals surface area (Å²) in [4.78, 5) is 11.6. The van der Waals surface area contributed by atoms with Gasteiger partial charge in [-0.15, -0.1) is 0 Å². The average molecular weight is 249 g/mol. The first-order chi connectivity index (χ1) is 8.45. The molecule has 1 atom stereocenters. The van der Waals surface area contributed by atoms with Crippen molar-refractivity contribution in [3.05, 3.63) is 34.9 Å². The largest absolute Gasteiger partial charge is 0.468 e. The molecule has 3 heteroatoms. The van der Waals surface area contributed by atoms with Crippen molar-refractivity contribution < 1.29 is 9.53 Å². The fourth-order valence-electron chi connectivity index (χ4n) is 1.86. The van der Waals surface area contributed by atoms with Crippen molar-refractivity contribution in [1.29, 1.82) is 0 Å². The summed E-state index contributed by atoms with van der Waals surface area (Å²) in [6.07, 6.45) is 0. The van der Waals surface area contributed by atoms with Crippen LogP contribution in [0.2, 0.25) is 0 Å². The Kier molecular flexibility index (Phi) is 5.35. The van der Waals surface area contributed by atoms with Crippen LogP contribution in [-0.4, -0.2) is 19.1 Å². The Morgan fingerprint density at radius 2 is 1.94 bits per heavy atom. The Labute approximate surface area is 110 Å². The zero-order chi connectivity index (χ0) is 13.7. The fourth-order valence-corrected chi connectivity index (χ4v) is 1.86. The number of aryl methyl sites for hydroxylation is 2. The number of benzene rings is 1. The molecule has 0 saturated heterocycles. The number of ether oxygens (including phenoxy) is 1. The Morgan fingerprint density at radius 3 is 2.44 bits per heavy atom. The molecular formula is C15H23NO2. The van der Waals surface area contributed by atoms with Gasteiger partial charge in [0.05, 0.1) is 7.11 Å². The highest BCUT2D eigenvalue weighted by Crippen LogP contribution is 2.11. The van der Waals surface area contributed by atoms with E-state index in [1.807, 2.05) is 13.8 Å². The van der Waals surface area contributed by atoms with Crippen LogP contribution in [0.3, 0.4) is 0 Å². The van der Waals surface area contributed by atoms with E-state index in [1.54, 1.807) is 0 Å². The van der Waals surface area contributed by atoms with Crippen molar-refractivity contribution in [3.63, 3.8) is 0 Å². The van der Waals surface area contributed by atoms with Gasteiger partial charge in [-0.25, -0.2) is 0 Å². The second-order valence-electron chi connectivity index (χ2n) is 5.04. The van der Waals surface area contributed by atoms with Crippen LogP contribution in [0, 0.1) is 19.8 Å². The molecule has 0 aromatic heterocycles. The molecule has 18 heavy (non-hydrogen) atoms. The number of esters is 1. The van der Waals surface area contributed by atoms with Crippen molar-refractivity contribution in [2.24, 2.45) is 5.92 Å². The SMILES string of the molecule is COC(=O)C(NCc1ccc(C)c(C)c1)C(C)C. The second kappa shape index (κ2) is 6.55. The lowest BCUT2D eigenvalue weighted by Gasteiger charge is -2.20. The van der Waals surface area contributed by atoms with Crippen LogP contribution in [0.15, 0.2) is 18.2 Å². The van der Waals surface area contributed by atoms with E-state index in [-0.39, 0.29) is 17.9 Å². The molecule has 0 aliphatic rings. The lowest BCUT2D eigenvalue weighted by Crippen LogP contribution is -2.41. The average Bonchev–Trinajstić information content (AvgIpc) is 2.33. The zero-order valence-corrected chi connectivity index (χ0v) is 11.9. The first kappa shape index (κ1) is 14.7. The minimum absolute atomic E-state index is 0.200. The highest BCUT2D eigenvalue weighted by molar-refractivity contribution is 5.75. The zero-order valence-electron chi connectivity index (χ0n) is 11.9. The Morgan fingerprint density at radius 1 is 1.28 bits per heavy atom. The third-order valence-electron chi connectivity index (χ3n) is 3.22. The van der Waals surface area contributed by atoms with Gasteiger partial charge in [0.2, 0.25) is 0 Å². The molecule has 100 valence electrons. The van der Waals surface area contributed by atoms with Crippen LogP contribution >= 0.6 is 0 Å². The standard InChI is InChI=1S/C15H23NO2/c1-10(2)14(15(17)18-5)16-9-13-7-6-11(3)12(4)8-13/h6-8,10,14,16H,9H2,1-5H3. The van der Waals surface area contributed by atoms with Gasteiger partial charge in [-0.3, -0.25) is 4.79 Å². The highest BCUT2D eigenvalue weighted by atomic mass is 16.5. The maximum absolute atomic E-state index is 11.6. The van der Waals surface area contributed by atoms with Gasteiger partial charge in [0.25, 0.3) is 0 Å². The van der Waals surface area contributed by atoms with Crippen LogP contribution in [0.4, 0.5) is 0 Å².